The molecule has 0 aliphatic heterocycles. The van der Waals surface area contributed by atoms with E-state index in [4.69, 9.17) is 21.1 Å². The van der Waals surface area contributed by atoms with Crippen molar-refractivity contribution in [3.8, 4) is 5.75 Å². The number of ketones is 1. The quantitative estimate of drug-likeness (QED) is 0.501. The predicted octanol–water partition coefficient (Wildman–Crippen LogP) is 4.02. The molecule has 0 atom stereocenters. The molecule has 1 amide bonds. The van der Waals surface area contributed by atoms with Crippen molar-refractivity contribution >= 4 is 34.9 Å². The van der Waals surface area contributed by atoms with Crippen LogP contribution in [0.3, 0.4) is 0 Å². The molecule has 0 aliphatic rings. The summed E-state index contributed by atoms with van der Waals surface area (Å²) in [7, 11) is 0. The number of hydrogen-bond acceptors (Lipinski definition) is 5. The molecule has 148 valence electrons. The highest BCUT2D eigenvalue weighted by molar-refractivity contribution is 6.30. The van der Waals surface area contributed by atoms with Gasteiger partial charge in [0.1, 0.15) is 11.6 Å². The van der Waals surface area contributed by atoms with E-state index in [1.807, 2.05) is 6.92 Å². The molecule has 0 radical (unpaired) electrons. The Balaban J connectivity index is 1.74. The third-order valence-corrected chi connectivity index (χ3v) is 3.85. The Morgan fingerprint density at radius 1 is 1.07 bits per heavy atom. The van der Waals surface area contributed by atoms with Gasteiger partial charge >= 0.3 is 5.97 Å². The summed E-state index contributed by atoms with van der Waals surface area (Å²) in [6.07, 6.45) is -0.227. The maximum atomic E-state index is 13.6. The largest absolute Gasteiger partial charge is 0.494 e. The summed E-state index contributed by atoms with van der Waals surface area (Å²) in [6.45, 7) is 1.80. The van der Waals surface area contributed by atoms with Gasteiger partial charge in [-0.05, 0) is 49.4 Å². The summed E-state index contributed by atoms with van der Waals surface area (Å²) in [6, 6.07) is 10.4. The lowest BCUT2D eigenvalue weighted by Crippen LogP contribution is -2.21. The molecule has 2 rings (SSSR count). The molecule has 1 N–H and O–H groups in total. The van der Waals surface area contributed by atoms with Crippen LogP contribution in [-0.2, 0) is 14.3 Å². The number of rotatable bonds is 9. The van der Waals surface area contributed by atoms with Gasteiger partial charge in [-0.25, -0.2) is 4.39 Å². The van der Waals surface area contributed by atoms with Crippen LogP contribution in [0.5, 0.6) is 5.75 Å². The van der Waals surface area contributed by atoms with Crippen molar-refractivity contribution in [1.82, 2.24) is 0 Å². The van der Waals surface area contributed by atoms with Crippen molar-refractivity contribution in [2.75, 3.05) is 18.5 Å². The highest BCUT2D eigenvalue weighted by atomic mass is 35.5. The summed E-state index contributed by atoms with van der Waals surface area (Å²) in [5.41, 5.74) is 0.378. The minimum absolute atomic E-state index is 0.0553. The number of carbonyl (C=O) groups excluding carboxylic acids is 3. The van der Waals surface area contributed by atoms with E-state index in [0.29, 0.717) is 17.9 Å². The summed E-state index contributed by atoms with van der Waals surface area (Å²) in [5, 5.41) is 2.46. The van der Waals surface area contributed by atoms with Gasteiger partial charge < -0.3 is 14.8 Å². The zero-order chi connectivity index (χ0) is 20.5. The zero-order valence-corrected chi connectivity index (χ0v) is 15.9. The lowest BCUT2D eigenvalue weighted by atomic mass is 10.1. The number of benzene rings is 2. The second kappa shape index (κ2) is 10.4. The average Bonchev–Trinajstić information content (AvgIpc) is 2.67. The fourth-order valence-electron chi connectivity index (χ4n) is 2.26. The van der Waals surface area contributed by atoms with E-state index >= 15 is 0 Å². The van der Waals surface area contributed by atoms with Crippen LogP contribution in [-0.4, -0.2) is 30.9 Å². The molecular formula is C20H19ClFNO5. The van der Waals surface area contributed by atoms with Crippen LogP contribution in [0.1, 0.15) is 30.1 Å². The van der Waals surface area contributed by atoms with Crippen molar-refractivity contribution < 1.29 is 28.2 Å². The van der Waals surface area contributed by atoms with E-state index in [-0.39, 0.29) is 29.3 Å². The Labute approximate surface area is 166 Å². The first-order valence-electron chi connectivity index (χ1n) is 8.55. The van der Waals surface area contributed by atoms with Crippen LogP contribution in [0.25, 0.3) is 0 Å². The van der Waals surface area contributed by atoms with Gasteiger partial charge in [-0.2, -0.15) is 0 Å². The number of amides is 1. The molecule has 8 heteroatoms. The average molecular weight is 408 g/mol. The number of hydrogen-bond donors (Lipinski definition) is 1. The maximum absolute atomic E-state index is 13.6. The molecule has 6 nitrogen and oxygen atoms in total. The van der Waals surface area contributed by atoms with E-state index in [0.717, 1.165) is 6.07 Å². The van der Waals surface area contributed by atoms with Crippen molar-refractivity contribution in [3.63, 3.8) is 0 Å². The van der Waals surface area contributed by atoms with E-state index < -0.39 is 24.3 Å². The lowest BCUT2D eigenvalue weighted by Gasteiger charge is -2.08. The predicted molar refractivity (Wildman–Crippen MR) is 102 cm³/mol. The second-order valence-electron chi connectivity index (χ2n) is 5.71. The number of anilines is 1. The number of carbonyl (C=O) groups is 3. The monoisotopic (exact) mass is 407 g/mol. The van der Waals surface area contributed by atoms with Gasteiger partial charge in [0.05, 0.1) is 18.7 Å². The van der Waals surface area contributed by atoms with E-state index in [1.54, 1.807) is 24.3 Å². The molecule has 28 heavy (non-hydrogen) atoms. The van der Waals surface area contributed by atoms with Gasteiger partial charge in [-0.15, -0.1) is 0 Å². The van der Waals surface area contributed by atoms with Crippen LogP contribution in [0.15, 0.2) is 42.5 Å². The van der Waals surface area contributed by atoms with E-state index in [9.17, 15) is 18.8 Å². The molecule has 0 unspecified atom stereocenters. The summed E-state index contributed by atoms with van der Waals surface area (Å²) >= 11 is 5.63. The van der Waals surface area contributed by atoms with Crippen LogP contribution in [0.4, 0.5) is 10.1 Å². The van der Waals surface area contributed by atoms with E-state index in [1.165, 1.54) is 12.1 Å². The van der Waals surface area contributed by atoms with Crippen molar-refractivity contribution in [2.45, 2.75) is 19.8 Å². The number of Topliss-reactive ketones (excluding diaryl/α,β-unsaturated/α-hetero) is 1. The second-order valence-corrected chi connectivity index (χ2v) is 6.15. The summed E-state index contributed by atoms with van der Waals surface area (Å²) < 4.78 is 23.7. The smallest absolute Gasteiger partial charge is 0.306 e. The van der Waals surface area contributed by atoms with Crippen LogP contribution in [0.2, 0.25) is 5.02 Å². The van der Waals surface area contributed by atoms with Crippen molar-refractivity contribution in [1.29, 1.82) is 0 Å². The molecule has 0 fully saturated rings. The van der Waals surface area contributed by atoms with Crippen molar-refractivity contribution in [3.05, 3.63) is 58.9 Å². The minimum Gasteiger partial charge on any atom is -0.494 e. The van der Waals surface area contributed by atoms with Gasteiger partial charge in [0.25, 0.3) is 5.91 Å². The number of halogens is 2. The fraction of sp³-hybridized carbons (Fsp3) is 0.250. The molecule has 0 heterocycles. The molecule has 0 aliphatic carbocycles. The number of ether oxygens (including phenoxy) is 2. The normalized spacial score (nSPS) is 10.2. The minimum atomic E-state index is -0.703. The molecule has 0 spiro atoms. The first-order chi connectivity index (χ1) is 13.4. The Hall–Kier alpha value is -2.93. The van der Waals surface area contributed by atoms with Gasteiger partial charge in [0, 0.05) is 17.0 Å². The Kier molecular flexibility index (Phi) is 7.95. The van der Waals surface area contributed by atoms with Gasteiger partial charge in [0.2, 0.25) is 0 Å². The molecule has 0 saturated carbocycles. The number of nitrogens with one attached hydrogen (secondary N) is 1. The molecule has 0 bridgehead atoms. The Morgan fingerprint density at radius 2 is 1.79 bits per heavy atom. The van der Waals surface area contributed by atoms with Crippen LogP contribution in [0, 0.1) is 5.82 Å². The summed E-state index contributed by atoms with van der Waals surface area (Å²) in [4.78, 5) is 35.5. The maximum Gasteiger partial charge on any atom is 0.306 e. The van der Waals surface area contributed by atoms with Crippen LogP contribution < -0.4 is 10.1 Å². The van der Waals surface area contributed by atoms with Gasteiger partial charge in [0.15, 0.2) is 12.4 Å². The molecule has 0 aromatic heterocycles. The molecule has 2 aromatic rings. The number of esters is 1. The SMILES string of the molecule is CCOc1ccc(C(=O)CCC(=O)OCC(=O)Nc2ccc(Cl)cc2F)cc1. The van der Waals surface area contributed by atoms with E-state index in [2.05, 4.69) is 5.32 Å². The third-order valence-electron chi connectivity index (χ3n) is 3.61. The highest BCUT2D eigenvalue weighted by Gasteiger charge is 2.13. The molecule has 0 saturated heterocycles. The lowest BCUT2D eigenvalue weighted by molar-refractivity contribution is -0.147. The first kappa shape index (κ1) is 21.4. The van der Waals surface area contributed by atoms with Gasteiger partial charge in [-0.3, -0.25) is 14.4 Å². The van der Waals surface area contributed by atoms with Gasteiger partial charge in [-0.1, -0.05) is 11.6 Å². The summed E-state index contributed by atoms with van der Waals surface area (Å²) in [5.74, 6) is -1.68. The standard InChI is InChI=1S/C20H19ClFNO5/c1-2-27-15-6-3-13(4-7-15)18(24)9-10-20(26)28-12-19(25)23-17-8-5-14(21)11-16(17)22/h3-8,11H,2,9-10,12H2,1H3,(H,23,25). The Bertz CT molecular complexity index is 854. The fourth-order valence-corrected chi connectivity index (χ4v) is 2.42. The molecular weight excluding hydrogens is 389 g/mol. The molecule has 2 aromatic carbocycles. The highest BCUT2D eigenvalue weighted by Crippen LogP contribution is 2.18. The first-order valence-corrected chi connectivity index (χ1v) is 8.93. The zero-order valence-electron chi connectivity index (χ0n) is 15.2. The van der Waals surface area contributed by atoms with Crippen molar-refractivity contribution in [2.24, 2.45) is 0 Å². The third kappa shape index (κ3) is 6.66. The Morgan fingerprint density at radius 3 is 2.43 bits per heavy atom. The van der Waals surface area contributed by atoms with Crippen LogP contribution >= 0.6 is 11.6 Å². The topological polar surface area (TPSA) is 81.7 Å².